The van der Waals surface area contributed by atoms with Crippen LogP contribution in [0.3, 0.4) is 0 Å². The summed E-state index contributed by atoms with van der Waals surface area (Å²) in [5.41, 5.74) is 3.35. The summed E-state index contributed by atoms with van der Waals surface area (Å²) in [6.45, 7) is 5.88. The quantitative estimate of drug-likeness (QED) is 0.818. The van der Waals surface area contributed by atoms with E-state index in [2.05, 4.69) is 51.3 Å². The number of carbonyl (C=O) groups excluding carboxylic acids is 1. The average Bonchev–Trinajstić information content (AvgIpc) is 2.68. The Bertz CT molecular complexity index is 709. The SMILES string of the molecule is CN1CCN(c2ccc(NC(=O)CCN(C)Cc3ccccc3)cc2)CC1. The van der Waals surface area contributed by atoms with Crippen molar-refractivity contribution in [3.63, 3.8) is 0 Å². The van der Waals surface area contributed by atoms with Crippen LogP contribution in [-0.4, -0.2) is 62.5 Å². The smallest absolute Gasteiger partial charge is 0.225 e. The van der Waals surface area contributed by atoms with E-state index in [1.54, 1.807) is 0 Å². The van der Waals surface area contributed by atoms with Gasteiger partial charge in [0.2, 0.25) is 5.91 Å². The average molecular weight is 367 g/mol. The number of anilines is 2. The molecule has 0 radical (unpaired) electrons. The van der Waals surface area contributed by atoms with E-state index in [1.807, 2.05) is 37.4 Å². The molecule has 3 rings (SSSR count). The molecule has 1 heterocycles. The minimum Gasteiger partial charge on any atom is -0.369 e. The Hall–Kier alpha value is -2.37. The van der Waals surface area contributed by atoms with Crippen LogP contribution in [0.25, 0.3) is 0 Å². The molecule has 27 heavy (non-hydrogen) atoms. The van der Waals surface area contributed by atoms with E-state index >= 15 is 0 Å². The molecule has 1 saturated heterocycles. The molecule has 1 aliphatic heterocycles. The van der Waals surface area contributed by atoms with Gasteiger partial charge < -0.3 is 20.0 Å². The second-order valence-electron chi connectivity index (χ2n) is 7.36. The number of nitrogens with zero attached hydrogens (tertiary/aromatic N) is 3. The van der Waals surface area contributed by atoms with Gasteiger partial charge in [-0.15, -0.1) is 0 Å². The minimum atomic E-state index is 0.0576. The third-order valence-electron chi connectivity index (χ3n) is 5.04. The first kappa shape index (κ1) is 19.4. The van der Waals surface area contributed by atoms with Crippen molar-refractivity contribution in [2.45, 2.75) is 13.0 Å². The number of rotatable bonds is 7. The highest BCUT2D eigenvalue weighted by atomic mass is 16.1. The molecule has 0 aromatic heterocycles. The maximum absolute atomic E-state index is 12.2. The summed E-state index contributed by atoms with van der Waals surface area (Å²) in [7, 11) is 4.21. The molecule has 0 saturated carbocycles. The van der Waals surface area contributed by atoms with Crippen molar-refractivity contribution >= 4 is 17.3 Å². The van der Waals surface area contributed by atoms with Crippen LogP contribution in [0.5, 0.6) is 0 Å². The van der Waals surface area contributed by atoms with Gasteiger partial charge in [-0.3, -0.25) is 4.79 Å². The molecule has 1 N–H and O–H groups in total. The molecular formula is C22H30N4O. The zero-order valence-corrected chi connectivity index (χ0v) is 16.4. The van der Waals surface area contributed by atoms with Crippen molar-refractivity contribution in [2.24, 2.45) is 0 Å². The van der Waals surface area contributed by atoms with Crippen molar-refractivity contribution in [1.82, 2.24) is 9.80 Å². The van der Waals surface area contributed by atoms with Crippen molar-refractivity contribution in [1.29, 1.82) is 0 Å². The van der Waals surface area contributed by atoms with Gasteiger partial charge in [0, 0.05) is 57.1 Å². The number of likely N-dealkylation sites (N-methyl/N-ethyl adjacent to an activating group) is 1. The number of nitrogens with one attached hydrogen (secondary N) is 1. The second-order valence-corrected chi connectivity index (χ2v) is 7.36. The van der Waals surface area contributed by atoms with Crippen LogP contribution >= 0.6 is 0 Å². The van der Waals surface area contributed by atoms with E-state index in [4.69, 9.17) is 0 Å². The van der Waals surface area contributed by atoms with E-state index in [9.17, 15) is 4.79 Å². The van der Waals surface area contributed by atoms with Gasteiger partial charge in [0.05, 0.1) is 0 Å². The fourth-order valence-corrected chi connectivity index (χ4v) is 3.31. The van der Waals surface area contributed by atoms with Gasteiger partial charge in [0.1, 0.15) is 0 Å². The Labute approximate surface area is 162 Å². The summed E-state index contributed by atoms with van der Waals surface area (Å²) in [5, 5.41) is 3.01. The zero-order valence-electron chi connectivity index (χ0n) is 16.4. The predicted molar refractivity (Wildman–Crippen MR) is 112 cm³/mol. The van der Waals surface area contributed by atoms with Crippen LogP contribution in [0.1, 0.15) is 12.0 Å². The van der Waals surface area contributed by atoms with Crippen molar-refractivity contribution < 1.29 is 4.79 Å². The molecule has 1 fully saturated rings. The van der Waals surface area contributed by atoms with Gasteiger partial charge in [0.15, 0.2) is 0 Å². The van der Waals surface area contributed by atoms with E-state index in [0.717, 1.165) is 45.0 Å². The summed E-state index contributed by atoms with van der Waals surface area (Å²) < 4.78 is 0. The van der Waals surface area contributed by atoms with Crippen LogP contribution in [0.2, 0.25) is 0 Å². The molecular weight excluding hydrogens is 336 g/mol. The lowest BCUT2D eigenvalue weighted by molar-refractivity contribution is -0.116. The Morgan fingerprint density at radius 3 is 2.33 bits per heavy atom. The Morgan fingerprint density at radius 1 is 1.00 bits per heavy atom. The lowest BCUT2D eigenvalue weighted by Gasteiger charge is -2.34. The second kappa shape index (κ2) is 9.53. The van der Waals surface area contributed by atoms with Crippen LogP contribution in [0.15, 0.2) is 54.6 Å². The zero-order chi connectivity index (χ0) is 19.1. The molecule has 144 valence electrons. The largest absolute Gasteiger partial charge is 0.369 e. The fraction of sp³-hybridized carbons (Fsp3) is 0.409. The summed E-state index contributed by atoms with van der Waals surface area (Å²) in [5.74, 6) is 0.0576. The molecule has 2 aromatic carbocycles. The molecule has 1 amide bonds. The third-order valence-corrected chi connectivity index (χ3v) is 5.04. The number of amides is 1. The Kier molecular flexibility index (Phi) is 6.85. The van der Waals surface area contributed by atoms with Crippen molar-refractivity contribution in [3.8, 4) is 0 Å². The third kappa shape index (κ3) is 6.08. The van der Waals surface area contributed by atoms with E-state index in [-0.39, 0.29) is 5.91 Å². The van der Waals surface area contributed by atoms with Crippen molar-refractivity contribution in [3.05, 3.63) is 60.2 Å². The van der Waals surface area contributed by atoms with E-state index in [0.29, 0.717) is 6.42 Å². The first-order chi connectivity index (χ1) is 13.1. The first-order valence-electron chi connectivity index (χ1n) is 9.66. The van der Waals surface area contributed by atoms with Crippen LogP contribution < -0.4 is 10.2 Å². The van der Waals surface area contributed by atoms with Gasteiger partial charge >= 0.3 is 0 Å². The van der Waals surface area contributed by atoms with Gasteiger partial charge in [-0.2, -0.15) is 0 Å². The standard InChI is InChI=1S/C22H30N4O/c1-24-14-16-26(17-15-24)21-10-8-20(9-11-21)23-22(27)12-13-25(2)18-19-6-4-3-5-7-19/h3-11H,12-18H2,1-2H3,(H,23,27). The Balaban J connectivity index is 1.42. The molecule has 0 atom stereocenters. The predicted octanol–water partition coefficient (Wildman–Crippen LogP) is 2.90. The molecule has 5 heteroatoms. The maximum atomic E-state index is 12.2. The van der Waals surface area contributed by atoms with E-state index in [1.165, 1.54) is 11.3 Å². The Morgan fingerprint density at radius 2 is 1.67 bits per heavy atom. The van der Waals surface area contributed by atoms with Gasteiger partial charge in [-0.25, -0.2) is 0 Å². The lowest BCUT2D eigenvalue weighted by atomic mass is 10.2. The molecule has 0 spiro atoms. The number of hydrogen-bond acceptors (Lipinski definition) is 4. The highest BCUT2D eigenvalue weighted by Crippen LogP contribution is 2.19. The van der Waals surface area contributed by atoms with Crippen LogP contribution in [0.4, 0.5) is 11.4 Å². The highest BCUT2D eigenvalue weighted by molar-refractivity contribution is 5.91. The highest BCUT2D eigenvalue weighted by Gasteiger charge is 2.14. The molecule has 2 aromatic rings. The summed E-state index contributed by atoms with van der Waals surface area (Å²) in [4.78, 5) is 19.2. The topological polar surface area (TPSA) is 38.8 Å². The number of carbonyl (C=O) groups is 1. The van der Waals surface area contributed by atoms with Gasteiger partial charge in [-0.05, 0) is 43.9 Å². The van der Waals surface area contributed by atoms with Crippen molar-refractivity contribution in [2.75, 3.05) is 57.0 Å². The van der Waals surface area contributed by atoms with Crippen LogP contribution in [0, 0.1) is 0 Å². The number of hydrogen-bond donors (Lipinski definition) is 1. The normalized spacial score (nSPS) is 15.1. The molecule has 0 aliphatic carbocycles. The number of benzene rings is 2. The maximum Gasteiger partial charge on any atom is 0.225 e. The molecule has 1 aliphatic rings. The molecule has 5 nitrogen and oxygen atoms in total. The van der Waals surface area contributed by atoms with Crippen LogP contribution in [-0.2, 0) is 11.3 Å². The molecule has 0 unspecified atom stereocenters. The first-order valence-corrected chi connectivity index (χ1v) is 9.66. The summed E-state index contributed by atoms with van der Waals surface area (Å²) >= 11 is 0. The summed E-state index contributed by atoms with van der Waals surface area (Å²) in [6, 6.07) is 18.5. The monoisotopic (exact) mass is 366 g/mol. The van der Waals surface area contributed by atoms with E-state index < -0.39 is 0 Å². The minimum absolute atomic E-state index is 0.0576. The molecule has 0 bridgehead atoms. The van der Waals surface area contributed by atoms with Gasteiger partial charge in [0.25, 0.3) is 0 Å². The number of piperazine rings is 1. The van der Waals surface area contributed by atoms with Gasteiger partial charge in [-0.1, -0.05) is 30.3 Å². The lowest BCUT2D eigenvalue weighted by Crippen LogP contribution is -2.44. The fourth-order valence-electron chi connectivity index (χ4n) is 3.31. The summed E-state index contributed by atoms with van der Waals surface area (Å²) in [6.07, 6.45) is 0.490.